The molecule has 0 aliphatic heterocycles. The molecule has 1 aliphatic carbocycles. The van der Waals surface area contributed by atoms with E-state index in [1.54, 1.807) is 43.3 Å². The van der Waals surface area contributed by atoms with Crippen molar-refractivity contribution in [3.05, 3.63) is 69.7 Å². The van der Waals surface area contributed by atoms with Gasteiger partial charge < -0.3 is 5.32 Å². The lowest BCUT2D eigenvalue weighted by Gasteiger charge is -2.50. The van der Waals surface area contributed by atoms with Crippen LogP contribution in [0.5, 0.6) is 0 Å². The van der Waals surface area contributed by atoms with Gasteiger partial charge in [0.05, 0.1) is 9.93 Å². The standard InChI is InChI=1S/C20H16Cl6N2O3S/c1-11-3-7-13(8-4-11)27-19(28-32(30,31)14-9-5-12(2)6-10-14)16(22)15(21)17(29)18(23,24)20(19,25)26/h3-10,27-28H,1-2H3. The molecule has 0 spiro atoms. The second kappa shape index (κ2) is 8.82. The third kappa shape index (κ3) is 4.25. The van der Waals surface area contributed by atoms with E-state index in [-0.39, 0.29) is 4.90 Å². The number of anilines is 1. The number of ketones is 1. The van der Waals surface area contributed by atoms with E-state index < -0.39 is 40.2 Å². The predicted octanol–water partition coefficient (Wildman–Crippen LogP) is 6.01. The van der Waals surface area contributed by atoms with Crippen LogP contribution in [-0.2, 0) is 14.8 Å². The zero-order valence-electron chi connectivity index (χ0n) is 16.5. The van der Waals surface area contributed by atoms with Gasteiger partial charge in [-0.1, -0.05) is 105 Å². The van der Waals surface area contributed by atoms with E-state index in [0.29, 0.717) is 5.69 Å². The maximum atomic E-state index is 13.3. The van der Waals surface area contributed by atoms with E-state index in [0.717, 1.165) is 11.1 Å². The van der Waals surface area contributed by atoms with E-state index in [1.807, 2.05) is 6.92 Å². The summed E-state index contributed by atoms with van der Waals surface area (Å²) in [6.07, 6.45) is 0. The fraction of sp³-hybridized carbons (Fsp3) is 0.250. The summed E-state index contributed by atoms with van der Waals surface area (Å²) in [4.78, 5) is 12.5. The molecule has 1 atom stereocenters. The monoisotopic (exact) mass is 574 g/mol. The molecule has 5 nitrogen and oxygen atoms in total. The number of rotatable bonds is 5. The van der Waals surface area contributed by atoms with E-state index in [4.69, 9.17) is 69.6 Å². The molecule has 0 fully saturated rings. The van der Waals surface area contributed by atoms with Crippen molar-refractivity contribution in [2.45, 2.75) is 33.1 Å². The molecule has 3 rings (SSSR count). The minimum atomic E-state index is -4.35. The van der Waals surface area contributed by atoms with Crippen molar-refractivity contribution in [3.63, 3.8) is 0 Å². The van der Waals surface area contributed by atoms with E-state index in [1.165, 1.54) is 12.1 Å². The first-order valence-corrected chi connectivity index (χ1v) is 12.7. The summed E-state index contributed by atoms with van der Waals surface area (Å²) in [5.74, 6) is -1.08. The second-order valence-electron chi connectivity index (χ2n) is 7.27. The smallest absolute Gasteiger partial charge is 0.242 e. The highest BCUT2D eigenvalue weighted by molar-refractivity contribution is 7.89. The Kier molecular flexibility index (Phi) is 7.14. The number of allylic oxidation sites excluding steroid dienone is 1. The van der Waals surface area contributed by atoms with Gasteiger partial charge in [0.2, 0.25) is 24.5 Å². The lowest BCUT2D eigenvalue weighted by atomic mass is 9.92. The van der Waals surface area contributed by atoms with Gasteiger partial charge in [-0.15, -0.1) is 0 Å². The van der Waals surface area contributed by atoms with Crippen LogP contribution in [0.1, 0.15) is 11.1 Å². The molecule has 0 bridgehead atoms. The van der Waals surface area contributed by atoms with Gasteiger partial charge in [-0.25, -0.2) is 8.42 Å². The Labute approximate surface area is 216 Å². The normalized spacial score (nSPS) is 22.7. The highest BCUT2D eigenvalue weighted by Crippen LogP contribution is 2.58. The van der Waals surface area contributed by atoms with Gasteiger partial charge in [0.1, 0.15) is 5.03 Å². The molecule has 1 unspecified atom stereocenters. The first-order chi connectivity index (χ1) is 14.7. The summed E-state index contributed by atoms with van der Waals surface area (Å²) in [6, 6.07) is 12.7. The number of alkyl halides is 4. The number of benzene rings is 2. The van der Waals surface area contributed by atoms with Crippen LogP contribution in [0, 0.1) is 13.8 Å². The highest BCUT2D eigenvalue weighted by atomic mass is 35.5. The third-order valence-electron chi connectivity index (χ3n) is 4.87. The van der Waals surface area contributed by atoms with E-state index in [2.05, 4.69) is 10.0 Å². The first-order valence-electron chi connectivity index (χ1n) is 8.97. The number of sulfonamides is 1. The summed E-state index contributed by atoms with van der Waals surface area (Å²) in [7, 11) is -4.35. The summed E-state index contributed by atoms with van der Waals surface area (Å²) >= 11 is 38.2. The topological polar surface area (TPSA) is 75.3 Å². The number of carbonyl (C=O) groups is 1. The van der Waals surface area contributed by atoms with Crippen LogP contribution in [-0.4, -0.2) is 28.5 Å². The van der Waals surface area contributed by atoms with Gasteiger partial charge in [-0.2, -0.15) is 4.72 Å². The van der Waals surface area contributed by atoms with Gasteiger partial charge in [-0.05, 0) is 38.1 Å². The van der Waals surface area contributed by atoms with Crippen molar-refractivity contribution in [1.29, 1.82) is 0 Å². The van der Waals surface area contributed by atoms with Gasteiger partial charge >= 0.3 is 0 Å². The predicted molar refractivity (Wildman–Crippen MR) is 132 cm³/mol. The van der Waals surface area contributed by atoms with Gasteiger partial charge in [0.25, 0.3) is 0 Å². The molecule has 0 aromatic heterocycles. The maximum Gasteiger partial charge on any atom is 0.242 e. The zero-order chi connectivity index (χ0) is 24.1. The van der Waals surface area contributed by atoms with Crippen molar-refractivity contribution >= 4 is 91.1 Å². The van der Waals surface area contributed by atoms with E-state index in [9.17, 15) is 13.2 Å². The molecule has 0 radical (unpaired) electrons. The summed E-state index contributed by atoms with van der Waals surface area (Å²) in [6.45, 7) is 3.66. The molecule has 172 valence electrons. The molecule has 0 amide bonds. The van der Waals surface area contributed by atoms with Crippen LogP contribution in [0.15, 0.2) is 63.5 Å². The van der Waals surface area contributed by atoms with Crippen molar-refractivity contribution in [2.24, 2.45) is 0 Å². The van der Waals surface area contributed by atoms with Crippen LogP contribution in [0.2, 0.25) is 0 Å². The third-order valence-corrected chi connectivity index (χ3v) is 9.70. The maximum absolute atomic E-state index is 13.3. The average molecular weight is 577 g/mol. The van der Waals surface area contributed by atoms with Gasteiger partial charge in [0, 0.05) is 5.69 Å². The summed E-state index contributed by atoms with van der Waals surface area (Å²) < 4.78 is 23.9. The molecule has 0 saturated heterocycles. The van der Waals surface area contributed by atoms with E-state index >= 15 is 0 Å². The van der Waals surface area contributed by atoms with Crippen LogP contribution in [0.25, 0.3) is 0 Å². The van der Waals surface area contributed by atoms with Crippen molar-refractivity contribution in [2.75, 3.05) is 5.32 Å². The van der Waals surface area contributed by atoms with Crippen LogP contribution in [0.3, 0.4) is 0 Å². The Balaban J connectivity index is 2.27. The Morgan fingerprint density at radius 1 is 0.812 bits per heavy atom. The minimum Gasteiger partial charge on any atom is -0.359 e. The molecule has 2 aromatic rings. The number of carbonyl (C=O) groups excluding carboxylic acids is 1. The molecule has 2 N–H and O–H groups in total. The molecule has 0 heterocycles. The summed E-state index contributed by atoms with van der Waals surface area (Å²) in [5.41, 5.74) is -0.222. The second-order valence-corrected chi connectivity index (χ2v) is 12.4. The minimum absolute atomic E-state index is 0.121. The molecule has 32 heavy (non-hydrogen) atoms. The Morgan fingerprint density at radius 2 is 1.28 bits per heavy atom. The number of halogens is 6. The number of hydrogen-bond donors (Lipinski definition) is 2. The van der Waals surface area contributed by atoms with Gasteiger partial charge in [0.15, 0.2) is 5.66 Å². The van der Waals surface area contributed by atoms with Crippen molar-refractivity contribution in [3.8, 4) is 0 Å². The summed E-state index contributed by atoms with van der Waals surface area (Å²) in [5, 5.41) is 1.71. The Morgan fingerprint density at radius 3 is 1.78 bits per heavy atom. The highest BCUT2D eigenvalue weighted by Gasteiger charge is 2.71. The fourth-order valence-electron chi connectivity index (χ4n) is 3.02. The Bertz CT molecular complexity index is 1190. The van der Waals surface area contributed by atoms with Crippen molar-refractivity contribution in [1.82, 2.24) is 4.72 Å². The van der Waals surface area contributed by atoms with Crippen molar-refractivity contribution < 1.29 is 13.2 Å². The quantitative estimate of drug-likeness (QED) is 0.338. The molecule has 2 aromatic carbocycles. The number of Topliss-reactive ketones (excluding diaryl/α,β-unsaturated/α-hetero) is 1. The largest absolute Gasteiger partial charge is 0.359 e. The SMILES string of the molecule is Cc1ccc(NC2(NS(=O)(=O)c3ccc(C)cc3)C(Cl)=C(Cl)C(=O)C(Cl)(Cl)C2(Cl)Cl)cc1. The first kappa shape index (κ1) is 25.9. The molecule has 12 heteroatoms. The molecular weight excluding hydrogens is 561 g/mol. The lowest BCUT2D eigenvalue weighted by Crippen LogP contribution is -2.73. The molecular formula is C20H16Cl6N2O3S. The number of nitrogens with one attached hydrogen (secondary N) is 2. The molecule has 1 aliphatic rings. The van der Waals surface area contributed by atoms with Gasteiger partial charge in [-0.3, -0.25) is 4.79 Å². The van der Waals surface area contributed by atoms with Crippen LogP contribution < -0.4 is 10.0 Å². The van der Waals surface area contributed by atoms with Crippen LogP contribution >= 0.6 is 69.6 Å². The Hall–Kier alpha value is -0.700. The number of aryl methyl sites for hydroxylation is 2. The number of hydrogen-bond acceptors (Lipinski definition) is 4. The molecule has 0 saturated carbocycles. The zero-order valence-corrected chi connectivity index (χ0v) is 21.9. The fourth-order valence-corrected chi connectivity index (χ4v) is 6.33. The average Bonchev–Trinajstić information content (AvgIpc) is 2.72. The lowest BCUT2D eigenvalue weighted by molar-refractivity contribution is -0.116. The van der Waals surface area contributed by atoms with Crippen LogP contribution in [0.4, 0.5) is 5.69 Å².